The number of aliphatic carboxylic acids is 1. The van der Waals surface area contributed by atoms with Crippen LogP contribution in [0.3, 0.4) is 0 Å². The monoisotopic (exact) mass is 592 g/mol. The molecule has 0 saturated heterocycles. The van der Waals surface area contributed by atoms with Crippen LogP contribution < -0.4 is 9.47 Å². The number of hydrogen-bond acceptors (Lipinski definition) is 6. The highest BCUT2D eigenvalue weighted by molar-refractivity contribution is 7.91. The summed E-state index contributed by atoms with van der Waals surface area (Å²) in [6, 6.07) is 13.3. The molecule has 5 rings (SSSR count). The van der Waals surface area contributed by atoms with Gasteiger partial charge >= 0.3 is 5.97 Å². The van der Waals surface area contributed by atoms with Gasteiger partial charge in [-0.2, -0.15) is 0 Å². The third-order valence-corrected chi connectivity index (χ3v) is 9.41. The predicted octanol–water partition coefficient (Wildman–Crippen LogP) is 7.06. The van der Waals surface area contributed by atoms with E-state index in [1.807, 2.05) is 45.0 Å². The van der Waals surface area contributed by atoms with E-state index in [0.717, 1.165) is 54.3 Å². The van der Waals surface area contributed by atoms with E-state index in [9.17, 15) is 18.8 Å². The first-order valence-electron chi connectivity index (χ1n) is 14.3. The number of benzene rings is 2. The lowest BCUT2D eigenvalue weighted by Crippen LogP contribution is -2.25. The van der Waals surface area contributed by atoms with Crippen LogP contribution in [0, 0.1) is 17.7 Å². The quantitative estimate of drug-likeness (QED) is 0.211. The lowest BCUT2D eigenvalue weighted by atomic mass is 9.82. The summed E-state index contributed by atoms with van der Waals surface area (Å²) in [5.41, 5.74) is 4.45. The summed E-state index contributed by atoms with van der Waals surface area (Å²) >= 11 is -1.50. The van der Waals surface area contributed by atoms with Crippen molar-refractivity contribution in [2.24, 2.45) is 16.2 Å². The number of aryl methyl sites for hydroxylation is 1. The van der Waals surface area contributed by atoms with E-state index in [4.69, 9.17) is 9.47 Å². The molecule has 1 saturated carbocycles. The number of nitrogens with zero attached hydrogens (tertiary/aromatic N) is 2. The number of hydrogen-bond donors (Lipinski definition) is 1. The maximum atomic E-state index is 15.0. The average molecular weight is 593 g/mol. The van der Waals surface area contributed by atoms with Gasteiger partial charge in [0.15, 0.2) is 0 Å². The number of aromatic nitrogens is 1. The second-order valence-corrected chi connectivity index (χ2v) is 14.1. The van der Waals surface area contributed by atoms with Crippen LogP contribution in [0.5, 0.6) is 11.6 Å². The zero-order valence-electron chi connectivity index (χ0n) is 24.6. The van der Waals surface area contributed by atoms with Crippen molar-refractivity contribution in [2.45, 2.75) is 70.1 Å². The molecule has 1 aliphatic heterocycles. The number of pyridine rings is 1. The van der Waals surface area contributed by atoms with Crippen molar-refractivity contribution in [3.8, 4) is 22.8 Å². The minimum Gasteiger partial charge on any atom is -0.591 e. The van der Waals surface area contributed by atoms with Crippen LogP contribution in [0.1, 0.15) is 81.2 Å². The Morgan fingerprint density at radius 3 is 2.62 bits per heavy atom. The molecule has 9 heteroatoms. The second-order valence-electron chi connectivity index (χ2n) is 12.2. The maximum absolute atomic E-state index is 15.0. The third-order valence-electron chi connectivity index (χ3n) is 8.07. The fourth-order valence-corrected chi connectivity index (χ4v) is 6.07. The Hall–Kier alpha value is -3.43. The van der Waals surface area contributed by atoms with Gasteiger partial charge in [0.2, 0.25) is 5.88 Å². The fourth-order valence-electron chi connectivity index (χ4n) is 5.54. The van der Waals surface area contributed by atoms with Gasteiger partial charge in [-0.3, -0.25) is 4.79 Å². The molecule has 42 heavy (non-hydrogen) atoms. The molecule has 1 aliphatic carbocycles. The first-order chi connectivity index (χ1) is 20.0. The lowest BCUT2D eigenvalue weighted by molar-refractivity contribution is -0.142. The molecule has 3 aromatic rings. The molecular formula is C33H37FN2O5S. The topological polar surface area (TPSA) is 104 Å². The van der Waals surface area contributed by atoms with Crippen LogP contribution in [0.2, 0.25) is 0 Å². The Labute approximate surface area is 249 Å². The smallest absolute Gasteiger partial charge is 0.306 e. The van der Waals surface area contributed by atoms with Gasteiger partial charge in [0, 0.05) is 17.2 Å². The molecule has 0 bridgehead atoms. The first kappa shape index (κ1) is 30.0. The number of ether oxygens (including phenoxy) is 2. The SMILES string of the molecule is COc1cc(-c2ccc(C3CCc4ccc([C@H](C5CC5)[C@H](C)C(=O)O)cc4O3)cc2C=N[S@@+]([O-])C(C)(C)C)c(F)cn1. The zero-order valence-corrected chi connectivity index (χ0v) is 25.4. The summed E-state index contributed by atoms with van der Waals surface area (Å²) < 4.78 is 43.2. The van der Waals surface area contributed by atoms with Gasteiger partial charge in [-0.25, -0.2) is 9.37 Å². The van der Waals surface area contributed by atoms with Crippen molar-refractivity contribution in [3.05, 3.63) is 76.7 Å². The number of fused-ring (bicyclic) bond motifs is 1. The van der Waals surface area contributed by atoms with Gasteiger partial charge in [0.1, 0.15) is 33.8 Å². The van der Waals surface area contributed by atoms with E-state index in [0.29, 0.717) is 22.6 Å². The van der Waals surface area contributed by atoms with Crippen molar-refractivity contribution in [1.82, 2.24) is 4.98 Å². The van der Waals surface area contributed by atoms with Gasteiger partial charge < -0.3 is 19.1 Å². The summed E-state index contributed by atoms with van der Waals surface area (Å²) in [6.45, 7) is 7.32. The summed E-state index contributed by atoms with van der Waals surface area (Å²) in [6.07, 6.45) is 6.02. The predicted molar refractivity (Wildman–Crippen MR) is 162 cm³/mol. The molecule has 1 unspecified atom stereocenters. The van der Waals surface area contributed by atoms with E-state index in [1.54, 1.807) is 6.92 Å². The van der Waals surface area contributed by atoms with Crippen molar-refractivity contribution in [2.75, 3.05) is 7.11 Å². The molecule has 0 amide bonds. The number of halogens is 1. The van der Waals surface area contributed by atoms with Crippen LogP contribution in [0.4, 0.5) is 4.39 Å². The van der Waals surface area contributed by atoms with Gasteiger partial charge in [-0.05, 0) is 92.7 Å². The number of methoxy groups -OCH3 is 1. The van der Waals surface area contributed by atoms with Crippen molar-refractivity contribution >= 4 is 23.5 Å². The number of rotatable bonds is 9. The second kappa shape index (κ2) is 12.1. The van der Waals surface area contributed by atoms with Crippen LogP contribution in [-0.4, -0.2) is 38.7 Å². The number of carboxylic acid groups (broad SMARTS) is 1. The van der Waals surface area contributed by atoms with Crippen molar-refractivity contribution in [3.63, 3.8) is 0 Å². The Balaban J connectivity index is 1.49. The van der Waals surface area contributed by atoms with Gasteiger partial charge in [-0.1, -0.05) is 35.6 Å². The molecule has 2 aliphatic rings. The highest BCUT2D eigenvalue weighted by Gasteiger charge is 2.39. The summed E-state index contributed by atoms with van der Waals surface area (Å²) in [5, 5.41) is 9.72. The molecule has 0 radical (unpaired) electrons. The summed E-state index contributed by atoms with van der Waals surface area (Å²) in [7, 11) is 1.47. The van der Waals surface area contributed by atoms with Gasteiger partial charge in [0.05, 0.1) is 25.4 Å². The molecule has 1 aromatic heterocycles. The Kier molecular flexibility index (Phi) is 8.62. The Bertz CT molecular complexity index is 1500. The van der Waals surface area contributed by atoms with E-state index < -0.39 is 33.8 Å². The number of carbonyl (C=O) groups is 1. The standard InChI is InChI=1S/C33H37FN2O5S/c1-19(32(37)38)31(21-7-8-21)23-9-6-20-11-13-28(41-29(20)15-23)22-10-12-25(26-16-30(40-5)35-18-27(26)34)24(14-22)17-36-42(39)33(2,3)4/h6,9-10,12,14-19,21,28,31H,7-8,11,13H2,1-5H3,(H,37,38)/t19-,28?,31-,42-/m0/s1. The van der Waals surface area contributed by atoms with Gasteiger partial charge in [-0.15, -0.1) is 0 Å². The first-order valence-corrected chi connectivity index (χ1v) is 15.4. The molecule has 1 fully saturated rings. The van der Waals surface area contributed by atoms with Crippen molar-refractivity contribution in [1.29, 1.82) is 0 Å². The Morgan fingerprint density at radius 1 is 1.19 bits per heavy atom. The summed E-state index contributed by atoms with van der Waals surface area (Å²) in [5.74, 6) is -0.384. The minimum atomic E-state index is -1.50. The highest BCUT2D eigenvalue weighted by Crippen LogP contribution is 2.48. The summed E-state index contributed by atoms with van der Waals surface area (Å²) in [4.78, 5) is 15.8. The highest BCUT2D eigenvalue weighted by atomic mass is 32.2. The zero-order chi connectivity index (χ0) is 30.2. The molecule has 0 spiro atoms. The molecular weight excluding hydrogens is 555 g/mol. The Morgan fingerprint density at radius 2 is 1.95 bits per heavy atom. The molecule has 1 N–H and O–H groups in total. The van der Waals surface area contributed by atoms with Crippen molar-refractivity contribution < 1.29 is 28.3 Å². The molecule has 4 atom stereocenters. The van der Waals surface area contributed by atoms with E-state index in [2.05, 4.69) is 21.5 Å². The van der Waals surface area contributed by atoms with Crippen LogP contribution in [0.25, 0.3) is 11.1 Å². The van der Waals surface area contributed by atoms with E-state index in [1.165, 1.54) is 19.4 Å². The lowest BCUT2D eigenvalue weighted by Gasteiger charge is -2.29. The molecule has 222 valence electrons. The maximum Gasteiger partial charge on any atom is 0.306 e. The molecule has 2 aromatic carbocycles. The van der Waals surface area contributed by atoms with Crippen LogP contribution >= 0.6 is 0 Å². The normalized spacial score (nSPS) is 19.1. The minimum absolute atomic E-state index is 0.0465. The van der Waals surface area contributed by atoms with Crippen LogP contribution in [-0.2, 0) is 22.6 Å². The molecule has 2 heterocycles. The molecule has 7 nitrogen and oxygen atoms in total. The van der Waals surface area contributed by atoms with Gasteiger partial charge in [0.25, 0.3) is 0 Å². The van der Waals surface area contributed by atoms with E-state index >= 15 is 0 Å². The third kappa shape index (κ3) is 6.47. The average Bonchev–Trinajstić information content (AvgIpc) is 3.80. The number of carboxylic acids is 1. The largest absolute Gasteiger partial charge is 0.591 e. The van der Waals surface area contributed by atoms with Crippen LogP contribution in [0.15, 0.2) is 53.1 Å². The van der Waals surface area contributed by atoms with E-state index in [-0.39, 0.29) is 17.9 Å². The fraction of sp³-hybridized carbons (Fsp3) is 0.424.